The largest absolute Gasteiger partial charge is 0.333 e. The average molecular weight is 374 g/mol. The maximum Gasteiger partial charge on any atom is 0.254 e. The molecule has 0 aromatic heterocycles. The Kier molecular flexibility index (Phi) is 5.91. The van der Waals surface area contributed by atoms with Crippen LogP contribution < -0.4 is 10.0 Å². The van der Waals surface area contributed by atoms with Gasteiger partial charge in [0.2, 0.25) is 10.0 Å². The van der Waals surface area contributed by atoms with Crippen LogP contribution in [0.4, 0.5) is 0 Å². The lowest BCUT2D eigenvalue weighted by atomic mass is 10.1. The summed E-state index contributed by atoms with van der Waals surface area (Å²) in [6.07, 6.45) is 1.77. The van der Waals surface area contributed by atoms with Crippen LogP contribution in [0.3, 0.4) is 0 Å². The van der Waals surface area contributed by atoms with Gasteiger partial charge in [0.25, 0.3) is 5.91 Å². The van der Waals surface area contributed by atoms with Crippen molar-refractivity contribution in [3.05, 3.63) is 29.3 Å². The standard InChI is InChI=1S/C16H23N3O3S.ClH/c1-11-3-6-14(23(21,22)18-13-4-5-13)9-15(11)16(20)19-8-7-17-10-12(19)2;/h3,6,9,12-13,17-18H,4-5,7-8,10H2,1-2H3;1H. The topological polar surface area (TPSA) is 78.5 Å². The molecule has 1 aliphatic heterocycles. The first-order valence-corrected chi connectivity index (χ1v) is 9.51. The van der Waals surface area contributed by atoms with E-state index in [-0.39, 0.29) is 35.3 Å². The van der Waals surface area contributed by atoms with E-state index in [0.29, 0.717) is 12.1 Å². The summed E-state index contributed by atoms with van der Waals surface area (Å²) >= 11 is 0. The second kappa shape index (κ2) is 7.39. The number of hydrogen-bond donors (Lipinski definition) is 2. The fourth-order valence-electron chi connectivity index (χ4n) is 2.78. The van der Waals surface area contributed by atoms with E-state index in [1.54, 1.807) is 12.1 Å². The molecule has 24 heavy (non-hydrogen) atoms. The maximum absolute atomic E-state index is 12.8. The van der Waals surface area contributed by atoms with Crippen molar-refractivity contribution in [1.29, 1.82) is 0 Å². The van der Waals surface area contributed by atoms with Crippen molar-refractivity contribution in [2.75, 3.05) is 19.6 Å². The number of nitrogens with zero attached hydrogens (tertiary/aromatic N) is 1. The molecule has 1 saturated heterocycles. The van der Waals surface area contributed by atoms with Gasteiger partial charge in [-0.15, -0.1) is 12.4 Å². The van der Waals surface area contributed by atoms with E-state index in [9.17, 15) is 13.2 Å². The summed E-state index contributed by atoms with van der Waals surface area (Å²) in [5, 5.41) is 3.25. The van der Waals surface area contributed by atoms with Gasteiger partial charge in [-0.05, 0) is 44.4 Å². The zero-order chi connectivity index (χ0) is 16.6. The zero-order valence-electron chi connectivity index (χ0n) is 13.9. The van der Waals surface area contributed by atoms with Crippen molar-refractivity contribution in [2.24, 2.45) is 0 Å². The van der Waals surface area contributed by atoms with Crippen LogP contribution in [0, 0.1) is 6.92 Å². The molecular weight excluding hydrogens is 350 g/mol. The number of amides is 1. The molecule has 0 bridgehead atoms. The first-order valence-electron chi connectivity index (χ1n) is 8.03. The smallest absolute Gasteiger partial charge is 0.254 e. The summed E-state index contributed by atoms with van der Waals surface area (Å²) in [6, 6.07) is 4.94. The number of piperazine rings is 1. The first-order chi connectivity index (χ1) is 10.9. The quantitative estimate of drug-likeness (QED) is 0.833. The fraction of sp³-hybridized carbons (Fsp3) is 0.562. The summed E-state index contributed by atoms with van der Waals surface area (Å²) in [6.45, 7) is 5.98. The van der Waals surface area contributed by atoms with Gasteiger partial charge in [0, 0.05) is 37.3 Å². The van der Waals surface area contributed by atoms with Gasteiger partial charge in [0.05, 0.1) is 4.90 Å². The third kappa shape index (κ3) is 4.08. The Hall–Kier alpha value is -1.15. The number of nitrogens with one attached hydrogen (secondary N) is 2. The summed E-state index contributed by atoms with van der Waals surface area (Å²) in [7, 11) is -3.55. The van der Waals surface area contributed by atoms with Crippen LogP contribution >= 0.6 is 12.4 Å². The van der Waals surface area contributed by atoms with Gasteiger partial charge < -0.3 is 10.2 Å². The number of halogens is 1. The van der Waals surface area contributed by atoms with Gasteiger partial charge in [-0.25, -0.2) is 13.1 Å². The lowest BCUT2D eigenvalue weighted by molar-refractivity contribution is 0.0654. The van der Waals surface area contributed by atoms with Crippen molar-refractivity contribution in [2.45, 2.75) is 43.7 Å². The molecule has 1 unspecified atom stereocenters. The predicted molar refractivity (Wildman–Crippen MR) is 95.1 cm³/mol. The van der Waals surface area contributed by atoms with Crippen LogP contribution in [0.2, 0.25) is 0 Å². The second-order valence-corrected chi connectivity index (χ2v) is 8.14. The van der Waals surface area contributed by atoms with Gasteiger partial charge in [-0.3, -0.25) is 4.79 Å². The Balaban J connectivity index is 0.00000208. The molecule has 0 spiro atoms. The van der Waals surface area contributed by atoms with Gasteiger partial charge in [0.1, 0.15) is 0 Å². The van der Waals surface area contributed by atoms with Gasteiger partial charge in [-0.1, -0.05) is 6.07 Å². The SMILES string of the molecule is Cc1ccc(S(=O)(=O)NC2CC2)cc1C(=O)N1CCNCC1C.Cl. The van der Waals surface area contributed by atoms with E-state index in [2.05, 4.69) is 10.0 Å². The third-order valence-corrected chi connectivity index (χ3v) is 5.93. The highest BCUT2D eigenvalue weighted by Crippen LogP contribution is 2.24. The number of aryl methyl sites for hydroxylation is 1. The predicted octanol–water partition coefficient (Wildman–Crippen LogP) is 1.29. The number of rotatable bonds is 4. The summed E-state index contributed by atoms with van der Waals surface area (Å²) < 4.78 is 27.4. The molecule has 2 N–H and O–H groups in total. The number of sulfonamides is 1. The molecule has 0 radical (unpaired) electrons. The Morgan fingerprint density at radius 1 is 1.33 bits per heavy atom. The summed E-state index contributed by atoms with van der Waals surface area (Å²) in [5.41, 5.74) is 1.27. The molecule has 2 aliphatic rings. The van der Waals surface area contributed by atoms with Gasteiger partial charge in [0.15, 0.2) is 0 Å². The average Bonchev–Trinajstić information content (AvgIpc) is 3.30. The monoisotopic (exact) mass is 373 g/mol. The minimum atomic E-state index is -3.55. The molecular formula is C16H24ClN3O3S. The van der Waals surface area contributed by atoms with Crippen molar-refractivity contribution in [3.63, 3.8) is 0 Å². The molecule has 1 aliphatic carbocycles. The number of benzene rings is 1. The van der Waals surface area contributed by atoms with Crippen LogP contribution in [0.5, 0.6) is 0 Å². The molecule has 1 amide bonds. The molecule has 3 rings (SSSR count). The summed E-state index contributed by atoms with van der Waals surface area (Å²) in [5.74, 6) is -0.0972. The Labute approximate surface area is 149 Å². The molecule has 1 atom stereocenters. The van der Waals surface area contributed by atoms with E-state index in [4.69, 9.17) is 0 Å². The van der Waals surface area contributed by atoms with Gasteiger partial charge >= 0.3 is 0 Å². The Bertz CT molecular complexity index is 719. The van der Waals surface area contributed by atoms with E-state index in [0.717, 1.165) is 31.5 Å². The number of carbonyl (C=O) groups is 1. The minimum Gasteiger partial charge on any atom is -0.333 e. The second-order valence-electron chi connectivity index (χ2n) is 6.42. The lowest BCUT2D eigenvalue weighted by Gasteiger charge is -2.34. The van der Waals surface area contributed by atoms with E-state index in [1.165, 1.54) is 6.07 Å². The molecule has 8 heteroatoms. The maximum atomic E-state index is 12.8. The Morgan fingerprint density at radius 3 is 2.67 bits per heavy atom. The molecule has 6 nitrogen and oxygen atoms in total. The molecule has 1 aromatic rings. The number of hydrogen-bond acceptors (Lipinski definition) is 4. The normalized spacial score (nSPS) is 21.2. The molecule has 1 saturated carbocycles. The van der Waals surface area contributed by atoms with E-state index < -0.39 is 10.0 Å². The molecule has 1 heterocycles. The van der Waals surface area contributed by atoms with Crippen LogP contribution in [-0.2, 0) is 10.0 Å². The minimum absolute atomic E-state index is 0. The first kappa shape index (κ1) is 19.2. The Morgan fingerprint density at radius 2 is 2.04 bits per heavy atom. The highest BCUT2D eigenvalue weighted by molar-refractivity contribution is 7.89. The van der Waals surface area contributed by atoms with Crippen LogP contribution in [0.15, 0.2) is 23.1 Å². The third-order valence-electron chi connectivity index (χ3n) is 4.41. The van der Waals surface area contributed by atoms with Crippen molar-refractivity contribution in [3.8, 4) is 0 Å². The van der Waals surface area contributed by atoms with E-state index >= 15 is 0 Å². The van der Waals surface area contributed by atoms with Gasteiger partial charge in [-0.2, -0.15) is 0 Å². The molecule has 2 fully saturated rings. The van der Waals surface area contributed by atoms with Crippen molar-refractivity contribution < 1.29 is 13.2 Å². The summed E-state index contributed by atoms with van der Waals surface area (Å²) in [4.78, 5) is 14.8. The van der Waals surface area contributed by atoms with Crippen LogP contribution in [0.25, 0.3) is 0 Å². The number of carbonyl (C=O) groups excluding carboxylic acids is 1. The molecule has 134 valence electrons. The fourth-order valence-corrected chi connectivity index (χ4v) is 4.12. The highest BCUT2D eigenvalue weighted by atomic mass is 35.5. The molecule has 1 aromatic carbocycles. The van der Waals surface area contributed by atoms with Crippen molar-refractivity contribution >= 4 is 28.3 Å². The highest BCUT2D eigenvalue weighted by Gasteiger charge is 2.30. The van der Waals surface area contributed by atoms with Crippen LogP contribution in [0.1, 0.15) is 35.7 Å². The van der Waals surface area contributed by atoms with E-state index in [1.807, 2.05) is 18.7 Å². The van der Waals surface area contributed by atoms with Crippen LogP contribution in [-0.4, -0.2) is 50.9 Å². The lowest BCUT2D eigenvalue weighted by Crippen LogP contribution is -2.52. The van der Waals surface area contributed by atoms with Crippen molar-refractivity contribution in [1.82, 2.24) is 14.9 Å². The zero-order valence-corrected chi connectivity index (χ0v) is 15.5.